The number of carbonyl (C=O) groups is 1. The van der Waals surface area contributed by atoms with Gasteiger partial charge in [0.2, 0.25) is 11.8 Å². The predicted octanol–water partition coefficient (Wildman–Crippen LogP) is 5.21. The summed E-state index contributed by atoms with van der Waals surface area (Å²) in [5.41, 5.74) is 0.774. The Labute approximate surface area is 188 Å². The van der Waals surface area contributed by atoms with Crippen LogP contribution in [0.15, 0.2) is 54.7 Å². The minimum atomic E-state index is -2.59. The molecule has 33 heavy (non-hydrogen) atoms. The SMILES string of the molecule is CC1(COc2ccc(CC(=O)Nc3ccn(Cc4ccc(F)c(F)c4)n3)cc2)CC(F)(F)C1. The first-order chi connectivity index (χ1) is 15.6. The molecule has 0 radical (unpaired) electrons. The number of amides is 1. The van der Waals surface area contributed by atoms with E-state index in [-0.39, 0.29) is 38.3 Å². The van der Waals surface area contributed by atoms with E-state index in [9.17, 15) is 22.4 Å². The van der Waals surface area contributed by atoms with Crippen molar-refractivity contribution in [3.05, 3.63) is 77.5 Å². The van der Waals surface area contributed by atoms with Gasteiger partial charge in [-0.1, -0.05) is 25.1 Å². The van der Waals surface area contributed by atoms with Gasteiger partial charge in [-0.25, -0.2) is 17.6 Å². The Hall–Kier alpha value is -3.36. The van der Waals surface area contributed by atoms with E-state index in [2.05, 4.69) is 10.4 Å². The molecule has 1 N–H and O–H groups in total. The predicted molar refractivity (Wildman–Crippen MR) is 114 cm³/mol. The highest BCUT2D eigenvalue weighted by molar-refractivity contribution is 5.91. The van der Waals surface area contributed by atoms with Crippen molar-refractivity contribution in [1.29, 1.82) is 0 Å². The number of nitrogens with zero attached hydrogens (tertiary/aromatic N) is 2. The molecule has 0 atom stereocenters. The third kappa shape index (κ3) is 5.91. The maximum absolute atomic E-state index is 13.3. The maximum atomic E-state index is 13.3. The van der Waals surface area contributed by atoms with Crippen molar-refractivity contribution >= 4 is 11.7 Å². The van der Waals surface area contributed by atoms with Gasteiger partial charge in [0.15, 0.2) is 17.5 Å². The molecule has 1 aromatic heterocycles. The number of carbonyl (C=O) groups excluding carboxylic acids is 1. The second kappa shape index (κ2) is 8.88. The summed E-state index contributed by atoms with van der Waals surface area (Å²) in [6.45, 7) is 2.23. The Morgan fingerprint density at radius 1 is 1.06 bits per heavy atom. The van der Waals surface area contributed by atoms with Gasteiger partial charge in [-0.05, 0) is 35.4 Å². The summed E-state index contributed by atoms with van der Waals surface area (Å²) in [6, 6.07) is 12.1. The molecule has 5 nitrogen and oxygen atoms in total. The number of aromatic nitrogens is 2. The van der Waals surface area contributed by atoms with Gasteiger partial charge in [0.05, 0.1) is 19.6 Å². The van der Waals surface area contributed by atoms with Crippen LogP contribution >= 0.6 is 0 Å². The van der Waals surface area contributed by atoms with Gasteiger partial charge in [-0.15, -0.1) is 0 Å². The molecule has 1 saturated carbocycles. The van der Waals surface area contributed by atoms with E-state index in [0.717, 1.165) is 17.7 Å². The van der Waals surface area contributed by atoms with Crippen molar-refractivity contribution in [2.24, 2.45) is 5.41 Å². The van der Waals surface area contributed by atoms with E-state index in [1.165, 1.54) is 10.7 Å². The quantitative estimate of drug-likeness (QED) is 0.469. The highest BCUT2D eigenvalue weighted by Crippen LogP contribution is 2.51. The molecule has 0 spiro atoms. The second-order valence-corrected chi connectivity index (χ2v) is 8.82. The average molecular weight is 461 g/mol. The monoisotopic (exact) mass is 461 g/mol. The van der Waals surface area contributed by atoms with E-state index in [1.807, 2.05) is 0 Å². The molecule has 2 aromatic carbocycles. The number of alkyl halides is 2. The van der Waals surface area contributed by atoms with Crippen LogP contribution in [0.1, 0.15) is 30.9 Å². The molecule has 0 unspecified atom stereocenters. The van der Waals surface area contributed by atoms with Crippen LogP contribution in [0.3, 0.4) is 0 Å². The summed E-state index contributed by atoms with van der Waals surface area (Å²) in [5, 5.41) is 6.91. The summed E-state index contributed by atoms with van der Waals surface area (Å²) in [4.78, 5) is 12.3. The highest BCUT2D eigenvalue weighted by atomic mass is 19.3. The summed E-state index contributed by atoms with van der Waals surface area (Å²) in [7, 11) is 0. The summed E-state index contributed by atoms with van der Waals surface area (Å²) >= 11 is 0. The van der Waals surface area contributed by atoms with Crippen LogP contribution in [0.4, 0.5) is 23.4 Å². The van der Waals surface area contributed by atoms with Crippen LogP contribution in [0.25, 0.3) is 0 Å². The van der Waals surface area contributed by atoms with Crippen molar-refractivity contribution in [2.75, 3.05) is 11.9 Å². The largest absolute Gasteiger partial charge is 0.493 e. The molecule has 174 valence electrons. The number of nitrogens with one attached hydrogen (secondary N) is 1. The molecule has 0 saturated heterocycles. The number of anilines is 1. The topological polar surface area (TPSA) is 56.1 Å². The molecule has 1 amide bonds. The lowest BCUT2D eigenvalue weighted by atomic mass is 9.68. The van der Waals surface area contributed by atoms with Crippen LogP contribution in [0.5, 0.6) is 5.75 Å². The minimum absolute atomic E-state index is 0.111. The van der Waals surface area contributed by atoms with Crippen molar-refractivity contribution < 1.29 is 27.1 Å². The minimum Gasteiger partial charge on any atom is -0.493 e. The van der Waals surface area contributed by atoms with E-state index < -0.39 is 23.0 Å². The molecule has 3 aromatic rings. The fraction of sp³-hybridized carbons (Fsp3) is 0.333. The van der Waals surface area contributed by atoms with Gasteiger partial charge in [0, 0.05) is 30.5 Å². The second-order valence-electron chi connectivity index (χ2n) is 8.82. The zero-order valence-electron chi connectivity index (χ0n) is 18.0. The molecule has 4 rings (SSSR count). The number of hydrogen-bond acceptors (Lipinski definition) is 3. The summed E-state index contributed by atoms with van der Waals surface area (Å²) in [6.07, 6.45) is 1.39. The van der Waals surface area contributed by atoms with Crippen molar-refractivity contribution in [3.63, 3.8) is 0 Å². The standard InChI is InChI=1S/C24H23F4N3O2/c1-23(13-24(27,28)14-23)15-33-18-5-2-16(3-6-18)11-22(32)29-21-8-9-31(30-21)12-17-4-7-19(25)20(26)10-17/h2-10H,11-15H2,1H3,(H,29,30,32). The molecule has 9 heteroatoms. The molecule has 1 aliphatic rings. The van der Waals surface area contributed by atoms with Gasteiger partial charge in [-0.3, -0.25) is 9.48 Å². The van der Waals surface area contributed by atoms with Crippen molar-refractivity contribution in [2.45, 2.75) is 38.7 Å². The lowest BCUT2D eigenvalue weighted by Crippen LogP contribution is -2.47. The maximum Gasteiger partial charge on any atom is 0.249 e. The lowest BCUT2D eigenvalue weighted by molar-refractivity contribution is -0.164. The molecular weight excluding hydrogens is 438 g/mol. The molecule has 1 fully saturated rings. The number of ether oxygens (including phenoxy) is 1. The van der Waals surface area contributed by atoms with Gasteiger partial charge in [0.25, 0.3) is 0 Å². The molecular formula is C24H23F4N3O2. The third-order valence-electron chi connectivity index (χ3n) is 5.48. The zero-order chi connectivity index (χ0) is 23.6. The molecule has 1 heterocycles. The van der Waals surface area contributed by atoms with Crippen LogP contribution in [-0.4, -0.2) is 28.2 Å². The van der Waals surface area contributed by atoms with Crippen LogP contribution in [0.2, 0.25) is 0 Å². The highest BCUT2D eigenvalue weighted by Gasteiger charge is 2.54. The fourth-order valence-corrected chi connectivity index (χ4v) is 3.97. The summed E-state index contributed by atoms with van der Waals surface area (Å²) in [5.74, 6) is -3.80. The molecule has 0 aliphatic heterocycles. The Morgan fingerprint density at radius 3 is 2.42 bits per heavy atom. The first kappa shape index (κ1) is 22.8. The van der Waals surface area contributed by atoms with Crippen molar-refractivity contribution in [3.8, 4) is 5.75 Å². The third-order valence-corrected chi connectivity index (χ3v) is 5.48. The van der Waals surface area contributed by atoms with Gasteiger partial charge >= 0.3 is 0 Å². The number of halogens is 4. The van der Waals surface area contributed by atoms with Crippen LogP contribution in [0, 0.1) is 17.0 Å². The van der Waals surface area contributed by atoms with Crippen LogP contribution in [-0.2, 0) is 17.8 Å². The number of rotatable bonds is 8. The van der Waals surface area contributed by atoms with Gasteiger partial charge < -0.3 is 10.1 Å². The molecule has 1 aliphatic carbocycles. The molecule has 0 bridgehead atoms. The van der Waals surface area contributed by atoms with Gasteiger partial charge in [-0.2, -0.15) is 5.10 Å². The zero-order valence-corrected chi connectivity index (χ0v) is 18.0. The normalized spacial score (nSPS) is 16.2. The lowest BCUT2D eigenvalue weighted by Gasteiger charge is -2.44. The number of benzene rings is 2. The summed E-state index contributed by atoms with van der Waals surface area (Å²) < 4.78 is 59.7. The van der Waals surface area contributed by atoms with E-state index in [1.54, 1.807) is 43.5 Å². The van der Waals surface area contributed by atoms with E-state index >= 15 is 0 Å². The first-order valence-corrected chi connectivity index (χ1v) is 10.5. The Balaban J connectivity index is 1.25. The smallest absolute Gasteiger partial charge is 0.249 e. The number of hydrogen-bond donors (Lipinski definition) is 1. The van der Waals surface area contributed by atoms with Crippen LogP contribution < -0.4 is 10.1 Å². The Bertz CT molecular complexity index is 1140. The first-order valence-electron chi connectivity index (χ1n) is 10.5. The Morgan fingerprint density at radius 2 is 1.76 bits per heavy atom. The average Bonchev–Trinajstić information content (AvgIpc) is 3.15. The van der Waals surface area contributed by atoms with E-state index in [4.69, 9.17) is 4.74 Å². The Kier molecular flexibility index (Phi) is 6.14. The van der Waals surface area contributed by atoms with Gasteiger partial charge in [0.1, 0.15) is 5.75 Å². The van der Waals surface area contributed by atoms with E-state index in [0.29, 0.717) is 17.1 Å². The van der Waals surface area contributed by atoms with Crippen molar-refractivity contribution in [1.82, 2.24) is 9.78 Å². The fourth-order valence-electron chi connectivity index (χ4n) is 3.97.